The Morgan fingerprint density at radius 2 is 2.00 bits per heavy atom. The first-order chi connectivity index (χ1) is 7.72. The molecule has 0 bridgehead atoms. The predicted molar refractivity (Wildman–Crippen MR) is 71.3 cm³/mol. The summed E-state index contributed by atoms with van der Waals surface area (Å²) in [5.41, 5.74) is 7.22. The highest BCUT2D eigenvalue weighted by Gasteiger charge is 2.01. The van der Waals surface area contributed by atoms with Gasteiger partial charge in [-0.25, -0.2) is 0 Å². The van der Waals surface area contributed by atoms with Gasteiger partial charge in [-0.15, -0.1) is 12.4 Å². The highest BCUT2D eigenvalue weighted by molar-refractivity contribution is 5.85. The van der Waals surface area contributed by atoms with Crippen molar-refractivity contribution in [1.29, 1.82) is 0 Å². The van der Waals surface area contributed by atoms with Gasteiger partial charge in [-0.2, -0.15) is 0 Å². The van der Waals surface area contributed by atoms with E-state index in [1.165, 1.54) is 0 Å². The van der Waals surface area contributed by atoms with Crippen LogP contribution in [0.3, 0.4) is 0 Å². The number of carbonyl (C=O) groups excluding carboxylic acids is 1. The van der Waals surface area contributed by atoms with Crippen LogP contribution in [0.25, 0.3) is 0 Å². The van der Waals surface area contributed by atoms with E-state index in [0.29, 0.717) is 31.9 Å². The molecule has 0 aromatic heterocycles. The van der Waals surface area contributed by atoms with Crippen LogP contribution in [0.2, 0.25) is 0 Å². The van der Waals surface area contributed by atoms with Crippen LogP contribution in [0.15, 0.2) is 24.3 Å². The SMILES string of the molecule is CCOCCNC(=O)Cc1ccc(N)cc1.Cl. The maximum atomic E-state index is 11.5. The van der Waals surface area contributed by atoms with Gasteiger partial charge in [0, 0.05) is 18.8 Å². The average Bonchev–Trinajstić information content (AvgIpc) is 2.28. The number of amides is 1. The average molecular weight is 259 g/mol. The third-order valence-corrected chi connectivity index (χ3v) is 2.12. The minimum atomic E-state index is 0. The number of ether oxygens (including phenoxy) is 1. The van der Waals surface area contributed by atoms with Crippen LogP contribution in [0.4, 0.5) is 5.69 Å². The van der Waals surface area contributed by atoms with E-state index in [1.54, 1.807) is 12.1 Å². The summed E-state index contributed by atoms with van der Waals surface area (Å²) in [6, 6.07) is 7.31. The largest absolute Gasteiger partial charge is 0.399 e. The lowest BCUT2D eigenvalue weighted by atomic mass is 10.1. The van der Waals surface area contributed by atoms with Gasteiger partial charge in [0.1, 0.15) is 0 Å². The van der Waals surface area contributed by atoms with Gasteiger partial charge in [-0.05, 0) is 24.6 Å². The second-order valence-electron chi connectivity index (χ2n) is 3.47. The van der Waals surface area contributed by atoms with E-state index >= 15 is 0 Å². The normalized spacial score (nSPS) is 9.47. The van der Waals surface area contributed by atoms with Crippen molar-refractivity contribution in [3.63, 3.8) is 0 Å². The van der Waals surface area contributed by atoms with Gasteiger partial charge in [-0.1, -0.05) is 12.1 Å². The first kappa shape index (κ1) is 15.7. The summed E-state index contributed by atoms with van der Waals surface area (Å²) in [6.07, 6.45) is 0.381. The molecule has 1 amide bonds. The molecule has 3 N–H and O–H groups in total. The van der Waals surface area contributed by atoms with E-state index in [-0.39, 0.29) is 18.3 Å². The second kappa shape index (κ2) is 8.84. The number of rotatable bonds is 6. The first-order valence-electron chi connectivity index (χ1n) is 5.41. The van der Waals surface area contributed by atoms with Crippen molar-refractivity contribution in [2.75, 3.05) is 25.5 Å². The molecule has 0 saturated heterocycles. The molecule has 1 aromatic rings. The fourth-order valence-corrected chi connectivity index (χ4v) is 1.29. The van der Waals surface area contributed by atoms with Gasteiger partial charge in [0.2, 0.25) is 5.91 Å². The van der Waals surface area contributed by atoms with Crippen molar-refractivity contribution in [3.8, 4) is 0 Å². The number of nitrogen functional groups attached to an aromatic ring is 1. The number of carbonyl (C=O) groups is 1. The van der Waals surface area contributed by atoms with Crippen LogP contribution in [0.1, 0.15) is 12.5 Å². The number of anilines is 1. The predicted octanol–water partition coefficient (Wildman–Crippen LogP) is 1.39. The van der Waals surface area contributed by atoms with E-state index in [0.717, 1.165) is 5.56 Å². The van der Waals surface area contributed by atoms with Crippen molar-refractivity contribution in [2.24, 2.45) is 0 Å². The number of nitrogens with one attached hydrogen (secondary N) is 1. The fraction of sp³-hybridized carbons (Fsp3) is 0.417. The summed E-state index contributed by atoms with van der Waals surface area (Å²) in [6.45, 7) is 3.72. The lowest BCUT2D eigenvalue weighted by molar-refractivity contribution is -0.120. The summed E-state index contributed by atoms with van der Waals surface area (Å²) in [5, 5.41) is 2.79. The van der Waals surface area contributed by atoms with E-state index in [4.69, 9.17) is 10.5 Å². The quantitative estimate of drug-likeness (QED) is 0.599. The number of halogens is 1. The highest BCUT2D eigenvalue weighted by atomic mass is 35.5. The molecule has 0 saturated carbocycles. The fourth-order valence-electron chi connectivity index (χ4n) is 1.29. The maximum Gasteiger partial charge on any atom is 0.224 e. The van der Waals surface area contributed by atoms with Crippen LogP contribution in [0.5, 0.6) is 0 Å². The zero-order chi connectivity index (χ0) is 11.8. The smallest absolute Gasteiger partial charge is 0.224 e. The molecular formula is C12H19ClN2O2. The van der Waals surface area contributed by atoms with Gasteiger partial charge in [0.15, 0.2) is 0 Å². The van der Waals surface area contributed by atoms with Crippen LogP contribution in [0, 0.1) is 0 Å². The third kappa shape index (κ3) is 6.81. The molecule has 1 rings (SSSR count). The van der Waals surface area contributed by atoms with Crippen LogP contribution in [-0.4, -0.2) is 25.7 Å². The van der Waals surface area contributed by atoms with Crippen molar-refractivity contribution >= 4 is 24.0 Å². The summed E-state index contributed by atoms with van der Waals surface area (Å²) in [4.78, 5) is 11.5. The van der Waals surface area contributed by atoms with Crippen LogP contribution < -0.4 is 11.1 Å². The monoisotopic (exact) mass is 258 g/mol. The van der Waals surface area contributed by atoms with Gasteiger partial charge in [0.05, 0.1) is 13.0 Å². The Balaban J connectivity index is 0.00000256. The Hall–Kier alpha value is -1.26. The van der Waals surface area contributed by atoms with Crippen LogP contribution in [-0.2, 0) is 16.0 Å². The summed E-state index contributed by atoms with van der Waals surface area (Å²) in [5.74, 6) is 0.00414. The summed E-state index contributed by atoms with van der Waals surface area (Å²) >= 11 is 0. The number of nitrogens with two attached hydrogens (primary N) is 1. The minimum absolute atomic E-state index is 0. The second-order valence-corrected chi connectivity index (χ2v) is 3.47. The molecule has 0 unspecified atom stereocenters. The Bertz CT molecular complexity index is 328. The minimum Gasteiger partial charge on any atom is -0.399 e. The Labute approximate surface area is 108 Å². The van der Waals surface area contributed by atoms with E-state index in [2.05, 4.69) is 5.32 Å². The Kier molecular flexibility index (Phi) is 8.19. The zero-order valence-corrected chi connectivity index (χ0v) is 10.8. The highest BCUT2D eigenvalue weighted by Crippen LogP contribution is 2.05. The van der Waals surface area contributed by atoms with E-state index in [1.807, 2.05) is 19.1 Å². The Morgan fingerprint density at radius 3 is 2.59 bits per heavy atom. The van der Waals surface area contributed by atoms with E-state index < -0.39 is 0 Å². The molecule has 4 nitrogen and oxygen atoms in total. The van der Waals surface area contributed by atoms with Crippen molar-refractivity contribution in [3.05, 3.63) is 29.8 Å². The molecule has 0 heterocycles. The van der Waals surface area contributed by atoms with Crippen molar-refractivity contribution in [1.82, 2.24) is 5.32 Å². The number of benzene rings is 1. The van der Waals surface area contributed by atoms with Gasteiger partial charge in [-0.3, -0.25) is 4.79 Å². The maximum absolute atomic E-state index is 11.5. The summed E-state index contributed by atoms with van der Waals surface area (Å²) in [7, 11) is 0. The third-order valence-electron chi connectivity index (χ3n) is 2.12. The zero-order valence-electron chi connectivity index (χ0n) is 9.94. The molecule has 96 valence electrons. The number of hydrogen-bond acceptors (Lipinski definition) is 3. The topological polar surface area (TPSA) is 64.3 Å². The lowest BCUT2D eigenvalue weighted by Crippen LogP contribution is -2.28. The molecule has 17 heavy (non-hydrogen) atoms. The standard InChI is InChI=1S/C12H18N2O2.ClH/c1-2-16-8-7-14-12(15)9-10-3-5-11(13)6-4-10;/h3-6H,2,7-9,13H2,1H3,(H,14,15);1H. The molecule has 0 radical (unpaired) electrons. The summed E-state index contributed by atoms with van der Waals surface area (Å²) < 4.78 is 5.12. The van der Waals surface area contributed by atoms with E-state index in [9.17, 15) is 4.79 Å². The molecule has 0 spiro atoms. The van der Waals surface area contributed by atoms with Gasteiger partial charge in [0.25, 0.3) is 0 Å². The lowest BCUT2D eigenvalue weighted by Gasteiger charge is -2.05. The van der Waals surface area contributed by atoms with Crippen molar-refractivity contribution in [2.45, 2.75) is 13.3 Å². The van der Waals surface area contributed by atoms with Gasteiger partial charge < -0.3 is 15.8 Å². The van der Waals surface area contributed by atoms with Crippen molar-refractivity contribution < 1.29 is 9.53 Å². The first-order valence-corrected chi connectivity index (χ1v) is 5.41. The molecule has 0 fully saturated rings. The van der Waals surface area contributed by atoms with Crippen LogP contribution >= 0.6 is 12.4 Å². The van der Waals surface area contributed by atoms with Gasteiger partial charge >= 0.3 is 0 Å². The molecule has 1 aromatic carbocycles. The molecule has 0 atom stereocenters. The molecule has 0 aliphatic rings. The Morgan fingerprint density at radius 1 is 1.35 bits per heavy atom. The number of hydrogen-bond donors (Lipinski definition) is 2. The molecule has 0 aliphatic heterocycles. The molecular weight excluding hydrogens is 240 g/mol. The molecule has 0 aliphatic carbocycles. The molecule has 5 heteroatoms.